The molecular formula is C16H15F2NO4S. The molecule has 0 atom stereocenters. The molecule has 1 heterocycles. The van der Waals surface area contributed by atoms with E-state index in [4.69, 9.17) is 9.47 Å². The molecule has 0 bridgehead atoms. The van der Waals surface area contributed by atoms with Gasteiger partial charge in [-0.05, 0) is 36.2 Å². The Morgan fingerprint density at radius 1 is 1.08 bits per heavy atom. The molecule has 3 rings (SSSR count). The van der Waals surface area contributed by atoms with Crippen molar-refractivity contribution in [2.45, 2.75) is 17.1 Å². The average molecular weight is 355 g/mol. The lowest BCUT2D eigenvalue weighted by molar-refractivity contribution is 0.174. The smallest absolute Gasteiger partial charge is 0.341 e. The zero-order valence-electron chi connectivity index (χ0n) is 12.5. The van der Waals surface area contributed by atoms with Crippen molar-refractivity contribution in [3.8, 4) is 11.5 Å². The molecule has 0 saturated carbocycles. The van der Waals surface area contributed by atoms with Crippen molar-refractivity contribution in [3.63, 3.8) is 0 Å². The van der Waals surface area contributed by atoms with Crippen LogP contribution in [0.15, 0.2) is 47.4 Å². The van der Waals surface area contributed by atoms with E-state index in [2.05, 4.69) is 5.32 Å². The summed E-state index contributed by atoms with van der Waals surface area (Å²) in [6.45, 7) is 0.575. The van der Waals surface area contributed by atoms with Crippen LogP contribution in [0.3, 0.4) is 0 Å². The van der Waals surface area contributed by atoms with Gasteiger partial charge < -0.3 is 14.8 Å². The van der Waals surface area contributed by atoms with E-state index < -0.39 is 20.5 Å². The number of anilines is 1. The van der Waals surface area contributed by atoms with Crippen LogP contribution in [-0.4, -0.2) is 27.5 Å². The van der Waals surface area contributed by atoms with Crippen molar-refractivity contribution in [1.29, 1.82) is 0 Å². The summed E-state index contributed by atoms with van der Waals surface area (Å²) >= 11 is 0. The van der Waals surface area contributed by atoms with Gasteiger partial charge in [-0.3, -0.25) is 0 Å². The first-order valence-corrected chi connectivity index (χ1v) is 8.76. The second-order valence-electron chi connectivity index (χ2n) is 5.17. The van der Waals surface area contributed by atoms with Crippen LogP contribution in [0.2, 0.25) is 0 Å². The van der Waals surface area contributed by atoms with E-state index in [0.29, 0.717) is 24.5 Å². The third kappa shape index (κ3) is 3.28. The molecule has 0 amide bonds. The van der Waals surface area contributed by atoms with Gasteiger partial charge in [-0.1, -0.05) is 18.2 Å². The predicted molar refractivity (Wildman–Crippen MR) is 84.4 cm³/mol. The Kier molecular flexibility index (Phi) is 4.57. The Labute approximate surface area is 138 Å². The molecule has 1 aliphatic heterocycles. The van der Waals surface area contributed by atoms with Gasteiger partial charge >= 0.3 is 5.76 Å². The Morgan fingerprint density at radius 3 is 2.62 bits per heavy atom. The second kappa shape index (κ2) is 6.64. The van der Waals surface area contributed by atoms with Gasteiger partial charge in [0.2, 0.25) is 16.6 Å². The summed E-state index contributed by atoms with van der Waals surface area (Å²) in [7, 11) is -4.64. The summed E-state index contributed by atoms with van der Waals surface area (Å²) in [5.41, 5.74) is 1.12. The van der Waals surface area contributed by atoms with Crippen molar-refractivity contribution in [1.82, 2.24) is 0 Å². The topological polar surface area (TPSA) is 64.6 Å². The molecule has 1 N–H and O–H groups in total. The number of halogens is 2. The van der Waals surface area contributed by atoms with Crippen molar-refractivity contribution in [2.75, 3.05) is 18.7 Å². The largest absolute Gasteiger partial charge is 0.454 e. The number of sulfone groups is 1. The van der Waals surface area contributed by atoms with Gasteiger partial charge in [0, 0.05) is 6.54 Å². The summed E-state index contributed by atoms with van der Waals surface area (Å²) in [5.74, 6) is -2.11. The molecule has 0 aromatic heterocycles. The van der Waals surface area contributed by atoms with E-state index in [-0.39, 0.29) is 12.5 Å². The van der Waals surface area contributed by atoms with Crippen LogP contribution in [0.4, 0.5) is 14.5 Å². The standard InChI is InChI=1S/C16H15F2NO4S/c17-16(18)24(20,21)15-4-2-1-3-12(15)19-8-7-11-5-6-13-14(9-11)23-10-22-13/h1-6,9,16,19H,7-8,10H2. The fraction of sp³-hybridized carbons (Fsp3) is 0.250. The van der Waals surface area contributed by atoms with Crippen LogP contribution >= 0.6 is 0 Å². The lowest BCUT2D eigenvalue weighted by atomic mass is 10.1. The van der Waals surface area contributed by atoms with Crippen LogP contribution in [0.25, 0.3) is 0 Å². The van der Waals surface area contributed by atoms with Crippen LogP contribution in [0.5, 0.6) is 11.5 Å². The van der Waals surface area contributed by atoms with Gasteiger partial charge in [-0.15, -0.1) is 0 Å². The maximum atomic E-state index is 12.8. The van der Waals surface area contributed by atoms with Gasteiger partial charge in [0.05, 0.1) is 10.6 Å². The molecule has 1 aliphatic rings. The van der Waals surface area contributed by atoms with Crippen LogP contribution in [0.1, 0.15) is 5.56 Å². The normalized spacial score (nSPS) is 13.3. The van der Waals surface area contributed by atoms with E-state index in [0.717, 1.165) is 5.56 Å². The van der Waals surface area contributed by atoms with Gasteiger partial charge in [0.15, 0.2) is 11.5 Å². The molecule has 128 valence electrons. The predicted octanol–water partition coefficient (Wildman–Crippen LogP) is 3.07. The molecule has 8 heteroatoms. The molecule has 0 fully saturated rings. The van der Waals surface area contributed by atoms with E-state index in [9.17, 15) is 17.2 Å². The zero-order chi connectivity index (χ0) is 17.2. The third-order valence-electron chi connectivity index (χ3n) is 3.59. The number of para-hydroxylation sites is 1. The van der Waals surface area contributed by atoms with Gasteiger partial charge in [-0.25, -0.2) is 8.42 Å². The minimum atomic E-state index is -4.64. The number of fused-ring (bicyclic) bond motifs is 1. The molecule has 2 aromatic rings. The number of alkyl halides is 2. The fourth-order valence-electron chi connectivity index (χ4n) is 2.39. The first-order valence-electron chi connectivity index (χ1n) is 7.22. The number of hydrogen-bond acceptors (Lipinski definition) is 5. The minimum absolute atomic E-state index is 0.165. The van der Waals surface area contributed by atoms with E-state index in [1.165, 1.54) is 18.2 Å². The fourth-order valence-corrected chi connectivity index (χ4v) is 3.30. The summed E-state index contributed by atoms with van der Waals surface area (Å²) in [4.78, 5) is -0.398. The lowest BCUT2D eigenvalue weighted by Gasteiger charge is -2.12. The van der Waals surface area contributed by atoms with Crippen molar-refractivity contribution in [3.05, 3.63) is 48.0 Å². The molecule has 5 nitrogen and oxygen atoms in total. The van der Waals surface area contributed by atoms with Crippen molar-refractivity contribution < 1.29 is 26.7 Å². The highest BCUT2D eigenvalue weighted by atomic mass is 32.2. The minimum Gasteiger partial charge on any atom is -0.454 e. The lowest BCUT2D eigenvalue weighted by Crippen LogP contribution is -2.15. The summed E-state index contributed by atoms with van der Waals surface area (Å²) in [6, 6.07) is 11.2. The second-order valence-corrected chi connectivity index (χ2v) is 7.05. The third-order valence-corrected chi connectivity index (χ3v) is 5.03. The Hall–Kier alpha value is -2.35. The number of rotatable bonds is 6. The molecular weight excluding hydrogens is 340 g/mol. The first-order chi connectivity index (χ1) is 11.5. The number of nitrogens with one attached hydrogen (secondary N) is 1. The first kappa shape index (κ1) is 16.5. The summed E-state index contributed by atoms with van der Waals surface area (Å²) < 4.78 is 59.4. The molecule has 24 heavy (non-hydrogen) atoms. The van der Waals surface area contributed by atoms with E-state index in [1.807, 2.05) is 12.1 Å². The maximum absolute atomic E-state index is 12.8. The van der Waals surface area contributed by atoms with Crippen LogP contribution in [-0.2, 0) is 16.3 Å². The van der Waals surface area contributed by atoms with Crippen LogP contribution in [0, 0.1) is 0 Å². The maximum Gasteiger partial charge on any atom is 0.341 e. The highest BCUT2D eigenvalue weighted by molar-refractivity contribution is 7.91. The summed E-state index contributed by atoms with van der Waals surface area (Å²) in [6.07, 6.45) is 0.569. The van der Waals surface area contributed by atoms with Gasteiger partial charge in [0.1, 0.15) is 0 Å². The zero-order valence-corrected chi connectivity index (χ0v) is 13.4. The SMILES string of the molecule is O=S(=O)(c1ccccc1NCCc1ccc2c(c1)OCO2)C(F)F. The molecule has 0 spiro atoms. The number of hydrogen-bond donors (Lipinski definition) is 1. The highest BCUT2D eigenvalue weighted by Crippen LogP contribution is 2.32. The monoisotopic (exact) mass is 355 g/mol. The molecule has 0 saturated heterocycles. The quantitative estimate of drug-likeness (QED) is 0.863. The molecule has 0 radical (unpaired) electrons. The number of benzene rings is 2. The van der Waals surface area contributed by atoms with Crippen molar-refractivity contribution >= 4 is 15.5 Å². The van der Waals surface area contributed by atoms with E-state index >= 15 is 0 Å². The van der Waals surface area contributed by atoms with Crippen LogP contribution < -0.4 is 14.8 Å². The molecule has 2 aromatic carbocycles. The number of ether oxygens (including phenoxy) is 2. The van der Waals surface area contributed by atoms with Gasteiger partial charge in [0.25, 0.3) is 0 Å². The summed E-state index contributed by atoms with van der Waals surface area (Å²) in [5, 5.41) is 2.91. The van der Waals surface area contributed by atoms with Crippen molar-refractivity contribution in [2.24, 2.45) is 0 Å². The molecule has 0 unspecified atom stereocenters. The Balaban J connectivity index is 1.69. The van der Waals surface area contributed by atoms with E-state index in [1.54, 1.807) is 12.1 Å². The average Bonchev–Trinajstić information content (AvgIpc) is 3.03. The Bertz CT molecular complexity index is 840. The molecule has 0 aliphatic carbocycles. The highest BCUT2D eigenvalue weighted by Gasteiger charge is 2.28. The Morgan fingerprint density at radius 2 is 1.83 bits per heavy atom. The van der Waals surface area contributed by atoms with Gasteiger partial charge in [-0.2, -0.15) is 8.78 Å².